The van der Waals surface area contributed by atoms with Gasteiger partial charge in [0.2, 0.25) is 0 Å². The zero-order valence-electron chi connectivity index (χ0n) is 10.8. The van der Waals surface area contributed by atoms with Gasteiger partial charge in [0.25, 0.3) is 0 Å². The Hall–Kier alpha value is -1.41. The summed E-state index contributed by atoms with van der Waals surface area (Å²) in [5, 5.41) is 4.65. The number of nitrogens with one attached hydrogen (secondary N) is 1. The Bertz CT molecular complexity index is 501. The van der Waals surface area contributed by atoms with Crippen LogP contribution >= 0.6 is 0 Å². The van der Waals surface area contributed by atoms with E-state index >= 15 is 0 Å². The summed E-state index contributed by atoms with van der Waals surface area (Å²) in [5.74, 6) is 0. The Morgan fingerprint density at radius 3 is 2.76 bits per heavy atom. The van der Waals surface area contributed by atoms with Crippen LogP contribution in [0.2, 0.25) is 0 Å². The molecule has 0 aliphatic carbocycles. The zero-order chi connectivity index (χ0) is 12.3. The second kappa shape index (κ2) is 5.28. The van der Waals surface area contributed by atoms with E-state index in [9.17, 15) is 0 Å². The van der Waals surface area contributed by atoms with Crippen LogP contribution in [-0.2, 0) is 6.42 Å². The molecule has 1 unspecified atom stereocenters. The fourth-order valence-corrected chi connectivity index (χ4v) is 2.28. The molecule has 0 amide bonds. The highest BCUT2D eigenvalue weighted by atomic mass is 14.9. The summed E-state index contributed by atoms with van der Waals surface area (Å²) in [6.45, 7) is 4.29. The molecule has 0 fully saturated rings. The summed E-state index contributed by atoms with van der Waals surface area (Å²) < 4.78 is 0. The van der Waals surface area contributed by atoms with Crippen molar-refractivity contribution in [2.75, 3.05) is 7.05 Å². The standard InChI is InChI=1S/C15H20N2/c1-4-13(16-3)10-12-9-11(2)17-15-8-6-5-7-14(12)15/h5-9,13,16H,4,10H2,1-3H3. The molecule has 1 aromatic heterocycles. The number of fused-ring (bicyclic) bond motifs is 1. The van der Waals surface area contributed by atoms with E-state index in [1.807, 2.05) is 13.1 Å². The molecule has 0 bridgehead atoms. The monoisotopic (exact) mass is 228 g/mol. The minimum absolute atomic E-state index is 0.542. The number of nitrogens with zero attached hydrogens (tertiary/aromatic N) is 1. The van der Waals surface area contributed by atoms with Gasteiger partial charge < -0.3 is 5.32 Å². The highest BCUT2D eigenvalue weighted by molar-refractivity contribution is 5.82. The van der Waals surface area contributed by atoms with Gasteiger partial charge in [-0.3, -0.25) is 4.98 Å². The summed E-state index contributed by atoms with van der Waals surface area (Å²) >= 11 is 0. The maximum Gasteiger partial charge on any atom is 0.0707 e. The third-order valence-corrected chi connectivity index (χ3v) is 3.30. The summed E-state index contributed by atoms with van der Waals surface area (Å²) in [7, 11) is 2.03. The quantitative estimate of drug-likeness (QED) is 0.870. The molecule has 90 valence electrons. The number of para-hydroxylation sites is 1. The lowest BCUT2D eigenvalue weighted by Crippen LogP contribution is -2.26. The SMILES string of the molecule is CCC(Cc1cc(C)nc2ccccc12)NC. The lowest BCUT2D eigenvalue weighted by molar-refractivity contribution is 0.544. The van der Waals surface area contributed by atoms with Crippen LogP contribution in [-0.4, -0.2) is 18.1 Å². The average molecular weight is 228 g/mol. The maximum absolute atomic E-state index is 4.57. The van der Waals surface area contributed by atoms with E-state index < -0.39 is 0 Å². The lowest BCUT2D eigenvalue weighted by atomic mass is 9.99. The van der Waals surface area contributed by atoms with Gasteiger partial charge in [0.05, 0.1) is 5.52 Å². The molecule has 0 saturated heterocycles. The second-order valence-electron chi connectivity index (χ2n) is 4.54. The summed E-state index contributed by atoms with van der Waals surface area (Å²) in [6.07, 6.45) is 2.21. The first kappa shape index (κ1) is 12.1. The molecular weight excluding hydrogens is 208 g/mol. The largest absolute Gasteiger partial charge is 0.317 e. The van der Waals surface area contributed by atoms with Crippen molar-refractivity contribution in [2.24, 2.45) is 0 Å². The van der Waals surface area contributed by atoms with Crippen LogP contribution in [0.4, 0.5) is 0 Å². The molecule has 2 heteroatoms. The van der Waals surface area contributed by atoms with Crippen molar-refractivity contribution in [3.05, 3.63) is 41.6 Å². The maximum atomic E-state index is 4.57. The lowest BCUT2D eigenvalue weighted by Gasteiger charge is -2.15. The van der Waals surface area contributed by atoms with Crippen LogP contribution in [0.1, 0.15) is 24.6 Å². The number of benzene rings is 1. The summed E-state index contributed by atoms with van der Waals surface area (Å²) in [5.41, 5.74) is 3.60. The number of rotatable bonds is 4. The molecule has 0 aliphatic rings. The van der Waals surface area contributed by atoms with Gasteiger partial charge in [-0.05, 0) is 44.5 Å². The normalized spacial score (nSPS) is 12.9. The van der Waals surface area contributed by atoms with E-state index in [4.69, 9.17) is 0 Å². The predicted molar refractivity (Wildman–Crippen MR) is 73.3 cm³/mol. The Kier molecular flexibility index (Phi) is 3.75. The van der Waals surface area contributed by atoms with Crippen molar-refractivity contribution in [3.8, 4) is 0 Å². The second-order valence-corrected chi connectivity index (χ2v) is 4.54. The van der Waals surface area contributed by atoms with Crippen LogP contribution in [0, 0.1) is 6.92 Å². The fourth-order valence-electron chi connectivity index (χ4n) is 2.28. The molecule has 1 atom stereocenters. The van der Waals surface area contributed by atoms with Crippen LogP contribution < -0.4 is 5.32 Å². The molecule has 0 saturated carbocycles. The molecule has 2 aromatic rings. The topological polar surface area (TPSA) is 24.9 Å². The Morgan fingerprint density at radius 2 is 2.06 bits per heavy atom. The van der Waals surface area contributed by atoms with Crippen molar-refractivity contribution in [1.29, 1.82) is 0 Å². The average Bonchev–Trinajstić information content (AvgIpc) is 2.35. The van der Waals surface area contributed by atoms with Crippen molar-refractivity contribution in [1.82, 2.24) is 10.3 Å². The molecule has 0 radical (unpaired) electrons. The van der Waals surface area contributed by atoms with Crippen LogP contribution in [0.15, 0.2) is 30.3 Å². The van der Waals surface area contributed by atoms with Gasteiger partial charge in [-0.2, -0.15) is 0 Å². The smallest absolute Gasteiger partial charge is 0.0707 e. The van der Waals surface area contributed by atoms with Crippen LogP contribution in [0.25, 0.3) is 10.9 Å². The van der Waals surface area contributed by atoms with Crippen molar-refractivity contribution in [3.63, 3.8) is 0 Å². The van der Waals surface area contributed by atoms with Gasteiger partial charge in [-0.15, -0.1) is 0 Å². The predicted octanol–water partition coefficient (Wildman–Crippen LogP) is 3.08. The van der Waals surface area contributed by atoms with Gasteiger partial charge >= 0.3 is 0 Å². The molecule has 1 heterocycles. The number of likely N-dealkylation sites (N-methyl/N-ethyl adjacent to an activating group) is 1. The number of pyridine rings is 1. The highest BCUT2D eigenvalue weighted by Gasteiger charge is 2.08. The van der Waals surface area contributed by atoms with Gasteiger partial charge in [0, 0.05) is 17.1 Å². The third-order valence-electron chi connectivity index (χ3n) is 3.30. The van der Waals surface area contributed by atoms with Crippen molar-refractivity contribution in [2.45, 2.75) is 32.7 Å². The van der Waals surface area contributed by atoms with Crippen LogP contribution in [0.5, 0.6) is 0 Å². The van der Waals surface area contributed by atoms with Crippen molar-refractivity contribution < 1.29 is 0 Å². The molecular formula is C15H20N2. The summed E-state index contributed by atoms with van der Waals surface area (Å²) in [4.78, 5) is 4.57. The fraction of sp³-hybridized carbons (Fsp3) is 0.400. The van der Waals surface area contributed by atoms with E-state index in [0.29, 0.717) is 6.04 Å². The minimum atomic E-state index is 0.542. The molecule has 0 aliphatic heterocycles. The zero-order valence-corrected chi connectivity index (χ0v) is 10.8. The number of hydrogen-bond donors (Lipinski definition) is 1. The van der Waals surface area contributed by atoms with E-state index in [1.54, 1.807) is 0 Å². The van der Waals surface area contributed by atoms with Gasteiger partial charge in [0.15, 0.2) is 0 Å². The Labute approximate surface area is 103 Å². The van der Waals surface area contributed by atoms with Crippen LogP contribution in [0.3, 0.4) is 0 Å². The van der Waals surface area contributed by atoms with Crippen molar-refractivity contribution >= 4 is 10.9 Å². The first-order valence-electron chi connectivity index (χ1n) is 6.27. The third kappa shape index (κ3) is 2.64. The molecule has 17 heavy (non-hydrogen) atoms. The van der Waals surface area contributed by atoms with E-state index in [1.165, 1.54) is 10.9 Å². The highest BCUT2D eigenvalue weighted by Crippen LogP contribution is 2.20. The minimum Gasteiger partial charge on any atom is -0.317 e. The number of aromatic nitrogens is 1. The molecule has 1 N–H and O–H groups in total. The van der Waals surface area contributed by atoms with E-state index in [0.717, 1.165) is 24.1 Å². The molecule has 1 aromatic carbocycles. The Balaban J connectivity index is 2.44. The van der Waals surface area contributed by atoms with E-state index in [-0.39, 0.29) is 0 Å². The van der Waals surface area contributed by atoms with Gasteiger partial charge in [0.1, 0.15) is 0 Å². The van der Waals surface area contributed by atoms with E-state index in [2.05, 4.69) is 48.4 Å². The first-order chi connectivity index (χ1) is 8.24. The Morgan fingerprint density at radius 1 is 1.29 bits per heavy atom. The molecule has 0 spiro atoms. The summed E-state index contributed by atoms with van der Waals surface area (Å²) in [6, 6.07) is 11.1. The number of hydrogen-bond acceptors (Lipinski definition) is 2. The van der Waals surface area contributed by atoms with Gasteiger partial charge in [-0.1, -0.05) is 25.1 Å². The first-order valence-corrected chi connectivity index (χ1v) is 6.27. The molecule has 2 rings (SSSR count). The van der Waals surface area contributed by atoms with Gasteiger partial charge in [-0.25, -0.2) is 0 Å². The number of aryl methyl sites for hydroxylation is 1. The molecule has 2 nitrogen and oxygen atoms in total.